The van der Waals surface area contributed by atoms with Crippen LogP contribution < -0.4 is 5.73 Å². The smallest absolute Gasteiger partial charge is 0.0659 e. The predicted octanol–water partition coefficient (Wildman–Crippen LogP) is -0.0805. The number of ether oxygens (including phenoxy) is 1. The van der Waals surface area contributed by atoms with E-state index in [0.29, 0.717) is 6.54 Å². The maximum absolute atomic E-state index is 5.97. The normalized spacial score (nSPS) is 21.8. The monoisotopic (exact) mass is 272 g/mol. The van der Waals surface area contributed by atoms with Gasteiger partial charge in [-0.2, -0.15) is 0 Å². The Morgan fingerprint density at radius 1 is 1.21 bits per heavy atom. The van der Waals surface area contributed by atoms with Crippen LogP contribution in [0.5, 0.6) is 0 Å². The van der Waals surface area contributed by atoms with Gasteiger partial charge >= 0.3 is 0 Å². The van der Waals surface area contributed by atoms with Crippen LogP contribution in [0.25, 0.3) is 0 Å². The third-order valence-electron chi connectivity index (χ3n) is 4.06. The van der Waals surface area contributed by atoms with E-state index < -0.39 is 0 Å². The lowest BCUT2D eigenvalue weighted by Gasteiger charge is -2.45. The zero-order valence-corrected chi connectivity index (χ0v) is 13.2. The largest absolute Gasteiger partial charge is 0.380 e. The highest BCUT2D eigenvalue weighted by Crippen LogP contribution is 2.17. The molecule has 0 saturated carbocycles. The van der Waals surface area contributed by atoms with Crippen molar-refractivity contribution in [1.29, 1.82) is 0 Å². The minimum absolute atomic E-state index is 0.0103. The molecule has 1 fully saturated rings. The summed E-state index contributed by atoms with van der Waals surface area (Å²) in [5.74, 6) is 0. The van der Waals surface area contributed by atoms with Crippen molar-refractivity contribution in [3.63, 3.8) is 0 Å². The Hall–Kier alpha value is -0.200. The first-order valence-electron chi connectivity index (χ1n) is 7.42. The van der Waals surface area contributed by atoms with Crippen molar-refractivity contribution < 1.29 is 4.74 Å². The Morgan fingerprint density at radius 2 is 1.84 bits per heavy atom. The quantitative estimate of drug-likeness (QED) is 0.670. The van der Waals surface area contributed by atoms with Crippen LogP contribution in [0.4, 0.5) is 0 Å². The molecule has 114 valence electrons. The van der Waals surface area contributed by atoms with Gasteiger partial charge in [0.15, 0.2) is 0 Å². The molecule has 0 bridgehead atoms. The van der Waals surface area contributed by atoms with Crippen LogP contribution in [0.3, 0.4) is 0 Å². The minimum atomic E-state index is -0.0103. The Labute approximate surface area is 118 Å². The van der Waals surface area contributed by atoms with Gasteiger partial charge in [0.05, 0.1) is 12.1 Å². The van der Waals surface area contributed by atoms with Crippen molar-refractivity contribution >= 4 is 0 Å². The van der Waals surface area contributed by atoms with E-state index in [9.17, 15) is 0 Å². The summed E-state index contributed by atoms with van der Waals surface area (Å²) >= 11 is 0. The van der Waals surface area contributed by atoms with E-state index in [-0.39, 0.29) is 5.54 Å². The van der Waals surface area contributed by atoms with Crippen molar-refractivity contribution in [3.05, 3.63) is 0 Å². The second-order valence-electron chi connectivity index (χ2n) is 5.97. The van der Waals surface area contributed by atoms with Gasteiger partial charge in [-0.15, -0.1) is 0 Å². The van der Waals surface area contributed by atoms with E-state index in [1.807, 2.05) is 6.92 Å². The van der Waals surface area contributed by atoms with Crippen LogP contribution in [-0.2, 0) is 4.74 Å². The number of rotatable bonds is 8. The van der Waals surface area contributed by atoms with Crippen LogP contribution in [-0.4, -0.2) is 93.4 Å². The number of hydrogen-bond donors (Lipinski definition) is 1. The molecule has 1 atom stereocenters. The minimum Gasteiger partial charge on any atom is -0.380 e. The molecule has 0 radical (unpaired) electrons. The van der Waals surface area contributed by atoms with Gasteiger partial charge < -0.3 is 15.4 Å². The van der Waals surface area contributed by atoms with E-state index in [2.05, 4.69) is 35.7 Å². The van der Waals surface area contributed by atoms with Crippen molar-refractivity contribution in [3.8, 4) is 0 Å². The second-order valence-corrected chi connectivity index (χ2v) is 5.97. The summed E-state index contributed by atoms with van der Waals surface area (Å²) in [5, 5.41) is 0. The molecule has 5 heteroatoms. The first-order valence-corrected chi connectivity index (χ1v) is 7.42. The molecule has 2 N–H and O–H groups in total. The molecule has 0 aromatic heterocycles. The molecule has 1 saturated heterocycles. The molecular formula is C14H32N4O. The standard InChI is InChI=1S/C14H32N4O/c1-5-19-13-14(2,12-15)18-10-8-17(9-11-18)7-6-16(3)4/h5-13,15H2,1-4H3. The van der Waals surface area contributed by atoms with Crippen LogP contribution >= 0.6 is 0 Å². The van der Waals surface area contributed by atoms with Gasteiger partial charge in [-0.25, -0.2) is 0 Å². The first kappa shape index (κ1) is 16.9. The summed E-state index contributed by atoms with van der Waals surface area (Å²) in [6.45, 7) is 13.2. The zero-order chi connectivity index (χ0) is 14.3. The molecule has 1 aliphatic rings. The SMILES string of the molecule is CCOCC(C)(CN)N1CCN(CCN(C)C)CC1. The van der Waals surface area contributed by atoms with Gasteiger partial charge in [0.1, 0.15) is 0 Å². The maximum Gasteiger partial charge on any atom is 0.0659 e. The van der Waals surface area contributed by atoms with Crippen molar-refractivity contribution in [1.82, 2.24) is 14.7 Å². The van der Waals surface area contributed by atoms with Gasteiger partial charge in [-0.05, 0) is 27.9 Å². The third kappa shape index (κ3) is 5.36. The summed E-state index contributed by atoms with van der Waals surface area (Å²) in [6.07, 6.45) is 0. The van der Waals surface area contributed by atoms with Gasteiger partial charge in [0.2, 0.25) is 0 Å². The van der Waals surface area contributed by atoms with Crippen LogP contribution in [0.2, 0.25) is 0 Å². The molecule has 1 heterocycles. The lowest BCUT2D eigenvalue weighted by atomic mass is 10.00. The summed E-state index contributed by atoms with van der Waals surface area (Å²) in [5.41, 5.74) is 5.96. The lowest BCUT2D eigenvalue weighted by Crippen LogP contribution is -2.61. The van der Waals surface area contributed by atoms with Gasteiger partial charge in [0.25, 0.3) is 0 Å². The molecule has 5 nitrogen and oxygen atoms in total. The number of hydrogen-bond acceptors (Lipinski definition) is 5. The molecule has 1 aliphatic heterocycles. The van der Waals surface area contributed by atoms with E-state index >= 15 is 0 Å². The molecule has 0 amide bonds. The first-order chi connectivity index (χ1) is 9.01. The van der Waals surface area contributed by atoms with Gasteiger partial charge in [-0.3, -0.25) is 9.80 Å². The summed E-state index contributed by atoms with van der Waals surface area (Å²) in [7, 11) is 4.26. The van der Waals surface area contributed by atoms with Gasteiger partial charge in [0, 0.05) is 52.4 Å². The molecule has 0 aliphatic carbocycles. The fraction of sp³-hybridized carbons (Fsp3) is 1.00. The number of nitrogens with zero attached hydrogens (tertiary/aromatic N) is 3. The highest BCUT2D eigenvalue weighted by molar-refractivity contribution is 4.90. The van der Waals surface area contributed by atoms with Gasteiger partial charge in [-0.1, -0.05) is 0 Å². The summed E-state index contributed by atoms with van der Waals surface area (Å²) in [6, 6.07) is 0. The summed E-state index contributed by atoms with van der Waals surface area (Å²) in [4.78, 5) is 7.27. The molecule has 19 heavy (non-hydrogen) atoms. The number of piperazine rings is 1. The van der Waals surface area contributed by atoms with E-state index in [4.69, 9.17) is 10.5 Å². The Kier molecular flexibility index (Phi) is 7.25. The van der Waals surface area contributed by atoms with E-state index in [1.54, 1.807) is 0 Å². The fourth-order valence-electron chi connectivity index (χ4n) is 2.45. The van der Waals surface area contributed by atoms with Crippen LogP contribution in [0.1, 0.15) is 13.8 Å². The molecular weight excluding hydrogens is 240 g/mol. The average molecular weight is 272 g/mol. The second kappa shape index (κ2) is 8.17. The predicted molar refractivity (Wildman–Crippen MR) is 80.5 cm³/mol. The van der Waals surface area contributed by atoms with Crippen LogP contribution in [0.15, 0.2) is 0 Å². The number of likely N-dealkylation sites (N-methyl/N-ethyl adjacent to an activating group) is 1. The molecule has 0 spiro atoms. The Bertz CT molecular complexity index is 242. The Balaban J connectivity index is 2.38. The molecule has 0 aromatic carbocycles. The third-order valence-corrected chi connectivity index (χ3v) is 4.06. The zero-order valence-electron chi connectivity index (χ0n) is 13.2. The molecule has 1 unspecified atom stereocenters. The average Bonchev–Trinajstić information content (AvgIpc) is 2.43. The topological polar surface area (TPSA) is 45.0 Å². The number of nitrogens with two attached hydrogens (primary N) is 1. The molecule has 1 rings (SSSR count). The Morgan fingerprint density at radius 3 is 2.32 bits per heavy atom. The van der Waals surface area contributed by atoms with Crippen LogP contribution in [0, 0.1) is 0 Å². The van der Waals surface area contributed by atoms with E-state index in [1.165, 1.54) is 0 Å². The fourth-order valence-corrected chi connectivity index (χ4v) is 2.45. The van der Waals surface area contributed by atoms with Crippen molar-refractivity contribution in [2.45, 2.75) is 19.4 Å². The highest BCUT2D eigenvalue weighted by Gasteiger charge is 2.33. The molecule has 0 aromatic rings. The van der Waals surface area contributed by atoms with Crippen molar-refractivity contribution in [2.24, 2.45) is 5.73 Å². The van der Waals surface area contributed by atoms with E-state index in [0.717, 1.165) is 52.5 Å². The highest BCUT2D eigenvalue weighted by atomic mass is 16.5. The van der Waals surface area contributed by atoms with Crippen molar-refractivity contribution in [2.75, 3.05) is 73.1 Å². The lowest BCUT2D eigenvalue weighted by molar-refractivity contribution is -0.0150. The summed E-state index contributed by atoms with van der Waals surface area (Å²) < 4.78 is 5.61. The maximum atomic E-state index is 5.97.